The summed E-state index contributed by atoms with van der Waals surface area (Å²) in [5.74, 6) is 3.43. The zero-order valence-corrected chi connectivity index (χ0v) is 60.0. The highest BCUT2D eigenvalue weighted by Gasteiger charge is 2.35. The largest absolute Gasteiger partial charge is 0.494 e. The molecule has 0 radical (unpaired) electrons. The summed E-state index contributed by atoms with van der Waals surface area (Å²) < 4.78 is 28.5. The van der Waals surface area contributed by atoms with E-state index < -0.39 is 0 Å². The molecule has 0 saturated carbocycles. The molecule has 8 heterocycles. The molecule has 8 aromatic heterocycles. The molecule has 0 fully saturated rings. The molecule has 22 rings (SSSR count). The number of aryl methyl sites for hydroxylation is 2. The molecule has 11 heteroatoms. The van der Waals surface area contributed by atoms with E-state index in [1.165, 1.54) is 43.6 Å². The van der Waals surface area contributed by atoms with Gasteiger partial charge in [-0.2, -0.15) is 0 Å². The molecule has 522 valence electrons. The van der Waals surface area contributed by atoms with Gasteiger partial charge in [-0.05, 0) is 116 Å². The molecule has 0 atom stereocenters. The molecule has 0 aliphatic heterocycles. The fourth-order valence-electron chi connectivity index (χ4n) is 17.7. The lowest BCUT2D eigenvalue weighted by atomic mass is 10.0. The van der Waals surface area contributed by atoms with Gasteiger partial charge in [0, 0.05) is 111 Å². The van der Waals surface area contributed by atoms with Crippen LogP contribution in [-0.2, 0) is 13.1 Å². The summed E-state index contributed by atoms with van der Waals surface area (Å²) in [5.41, 5.74) is 18.6. The average molecular weight is 1420 g/mol. The second-order valence-electron chi connectivity index (χ2n) is 28.6. The van der Waals surface area contributed by atoms with Crippen LogP contribution in [0.5, 0.6) is 11.5 Å². The normalized spacial score (nSPS) is 12.0. The average Bonchev–Trinajstić information content (AvgIpc) is 1.47. The highest BCUT2D eigenvalue weighted by Crippen LogP contribution is 2.50. The first-order valence-electron chi connectivity index (χ1n) is 37.9. The van der Waals surface area contributed by atoms with E-state index in [2.05, 4.69) is 373 Å². The Hall–Kier alpha value is -14.3. The van der Waals surface area contributed by atoms with Gasteiger partial charge < -0.3 is 27.7 Å². The second kappa shape index (κ2) is 25.8. The van der Waals surface area contributed by atoms with Gasteiger partial charge in [0.15, 0.2) is 17.5 Å². The molecule has 0 bridgehead atoms. The van der Waals surface area contributed by atoms with Crippen molar-refractivity contribution >= 4 is 131 Å². The first-order valence-corrected chi connectivity index (χ1v) is 37.9. The van der Waals surface area contributed by atoms with Crippen molar-refractivity contribution in [1.82, 2.24) is 42.4 Å². The van der Waals surface area contributed by atoms with Crippen LogP contribution in [0.1, 0.15) is 12.8 Å². The van der Waals surface area contributed by atoms with Crippen LogP contribution in [0.2, 0.25) is 0 Å². The monoisotopic (exact) mass is 1420 g/mol. The number of ether oxygens (including phenoxy) is 2. The van der Waals surface area contributed by atoms with Crippen LogP contribution < -0.4 is 9.47 Å². The van der Waals surface area contributed by atoms with E-state index in [-0.39, 0.29) is 0 Å². The Labute approximate surface area is 632 Å². The number of pyridine rings is 1. The zero-order valence-electron chi connectivity index (χ0n) is 60.0. The van der Waals surface area contributed by atoms with Crippen molar-refractivity contribution in [3.8, 4) is 68.4 Å². The lowest BCUT2D eigenvalue weighted by molar-refractivity contribution is 0.303. The Kier molecular flexibility index (Phi) is 14.8. The summed E-state index contributed by atoms with van der Waals surface area (Å²) in [7, 11) is 0. The van der Waals surface area contributed by atoms with Crippen LogP contribution in [0, 0.1) is 0 Å². The van der Waals surface area contributed by atoms with Crippen LogP contribution in [0.4, 0.5) is 0 Å². The molecule has 0 saturated heterocycles. The van der Waals surface area contributed by atoms with Gasteiger partial charge in [-0.15, -0.1) is 0 Å². The number of rotatable bonds is 17. The number of fused-ring (bicyclic) bond motifs is 18. The maximum atomic E-state index is 6.93. The molecular weight excluding hydrogens is 1350 g/mol. The summed E-state index contributed by atoms with van der Waals surface area (Å²) in [5, 5.41) is 13.6. The Morgan fingerprint density at radius 2 is 0.491 bits per heavy atom. The van der Waals surface area contributed by atoms with Crippen LogP contribution in [-0.4, -0.2) is 55.6 Å². The summed E-state index contributed by atoms with van der Waals surface area (Å²) in [6, 6.07) is 124. The fraction of sp³-hybridized carbons (Fsp3) is 0.0606. The predicted molar refractivity (Wildman–Crippen MR) is 453 cm³/mol. The molecule has 110 heavy (non-hydrogen) atoms. The Morgan fingerprint density at radius 3 is 0.818 bits per heavy atom. The van der Waals surface area contributed by atoms with E-state index in [0.29, 0.717) is 30.7 Å². The van der Waals surface area contributed by atoms with Gasteiger partial charge in [-0.25, -0.2) is 15.0 Å². The van der Waals surface area contributed by atoms with Crippen molar-refractivity contribution < 1.29 is 9.47 Å². The standard InChI is InChI=1S/C99H69N9O2/c1-3-29-64(30-4-1)80-63-81(65-31-5-2-6-32-65)101-97(100-80)94-95(105-86-47-21-11-37-72(86)73-38-12-22-48-87(73)105)98(107-90-51-25-15-41-76(90)78-61-66(53-55-92(78)107)109-59-27-57-103-82-43-17-7-33-68(82)69-34-8-18-44-83(69)103)102-99(96(94)106-88-49-23-13-39-74(88)75-40-14-24-50-89(75)106)108-91-52-26-16-42-77(91)79-62-67(54-56-93(79)108)110-60-28-58-104-84-45-19-9-35-70(84)71-36-10-20-46-85(71)104/h1-26,29-56,61-63H,27-28,57-60H2. The van der Waals surface area contributed by atoms with E-state index in [0.717, 1.165) is 164 Å². The Morgan fingerprint density at radius 1 is 0.227 bits per heavy atom. The maximum Gasteiger partial charge on any atom is 0.165 e. The van der Waals surface area contributed by atoms with E-state index >= 15 is 0 Å². The Balaban J connectivity index is 0.828. The molecular formula is C99H69N9O2. The molecule has 0 amide bonds. The zero-order chi connectivity index (χ0) is 72.3. The smallest absolute Gasteiger partial charge is 0.165 e. The summed E-state index contributed by atoms with van der Waals surface area (Å²) in [6.45, 7) is 2.65. The van der Waals surface area contributed by atoms with Crippen molar-refractivity contribution in [1.29, 1.82) is 0 Å². The third kappa shape index (κ3) is 10.0. The van der Waals surface area contributed by atoms with Gasteiger partial charge >= 0.3 is 0 Å². The van der Waals surface area contributed by atoms with E-state index in [4.69, 9.17) is 24.4 Å². The van der Waals surface area contributed by atoms with E-state index in [9.17, 15) is 0 Å². The van der Waals surface area contributed by atoms with Crippen molar-refractivity contribution in [2.24, 2.45) is 0 Å². The molecule has 0 aliphatic carbocycles. The second-order valence-corrected chi connectivity index (χ2v) is 28.6. The van der Waals surface area contributed by atoms with Crippen molar-refractivity contribution in [2.45, 2.75) is 25.9 Å². The summed E-state index contributed by atoms with van der Waals surface area (Å²) in [6.07, 6.45) is 1.61. The minimum atomic E-state index is 0.513. The van der Waals surface area contributed by atoms with Crippen molar-refractivity contribution in [2.75, 3.05) is 13.2 Å². The van der Waals surface area contributed by atoms with Crippen molar-refractivity contribution in [3.63, 3.8) is 0 Å². The van der Waals surface area contributed by atoms with Crippen LogP contribution in [0.15, 0.2) is 346 Å². The molecule has 0 N–H and O–H groups in total. The number of para-hydroxylation sites is 10. The SMILES string of the molecule is c1ccc(-c2cc(-c3ccccc3)nc(-c3c(-n4c5ccccc5c5ccccc54)c(-n4c5ccccc5c5cc(OCCCn6c7ccccc7c7ccccc76)ccc54)nc(-n4c5ccccc5c5cc(OCCCn6c7ccccc7c7ccccc76)ccc54)c3-n3c4ccccc4c4ccccc43)n2)cc1. The minimum Gasteiger partial charge on any atom is -0.494 e. The van der Waals surface area contributed by atoms with Crippen LogP contribution in [0.25, 0.3) is 188 Å². The van der Waals surface area contributed by atoms with E-state index in [1.807, 2.05) is 0 Å². The minimum absolute atomic E-state index is 0.513. The maximum absolute atomic E-state index is 6.93. The van der Waals surface area contributed by atoms with Crippen LogP contribution >= 0.6 is 0 Å². The first-order chi connectivity index (χ1) is 54.6. The fourth-order valence-corrected chi connectivity index (χ4v) is 17.7. The molecule has 0 spiro atoms. The molecule has 11 nitrogen and oxygen atoms in total. The third-order valence-electron chi connectivity index (χ3n) is 22.5. The number of benzene rings is 14. The highest BCUT2D eigenvalue weighted by molar-refractivity contribution is 6.17. The van der Waals surface area contributed by atoms with Gasteiger partial charge in [0.1, 0.15) is 22.9 Å². The first kappa shape index (κ1) is 63.0. The van der Waals surface area contributed by atoms with Gasteiger partial charge in [-0.3, -0.25) is 9.13 Å². The topological polar surface area (TPSA) is 86.7 Å². The lowest BCUT2D eigenvalue weighted by Gasteiger charge is -2.26. The van der Waals surface area contributed by atoms with Gasteiger partial charge in [-0.1, -0.05) is 243 Å². The van der Waals surface area contributed by atoms with Gasteiger partial charge in [0.05, 0.1) is 74.3 Å². The predicted octanol–water partition coefficient (Wildman–Crippen LogP) is 24.4. The Bertz CT molecular complexity index is 6790. The summed E-state index contributed by atoms with van der Waals surface area (Å²) >= 11 is 0. The molecule has 22 aromatic rings. The van der Waals surface area contributed by atoms with Gasteiger partial charge in [0.25, 0.3) is 0 Å². The lowest BCUT2D eigenvalue weighted by Crippen LogP contribution is -2.17. The molecule has 0 unspecified atom stereocenters. The van der Waals surface area contributed by atoms with Crippen molar-refractivity contribution in [3.05, 3.63) is 346 Å². The van der Waals surface area contributed by atoms with Crippen LogP contribution in [0.3, 0.4) is 0 Å². The number of aromatic nitrogens is 9. The molecule has 0 aliphatic rings. The third-order valence-corrected chi connectivity index (χ3v) is 22.5. The highest BCUT2D eigenvalue weighted by atomic mass is 16.5. The summed E-state index contributed by atoms with van der Waals surface area (Å²) in [4.78, 5) is 18.6. The number of hydrogen-bond donors (Lipinski definition) is 0. The van der Waals surface area contributed by atoms with E-state index in [1.54, 1.807) is 0 Å². The number of hydrogen-bond acceptors (Lipinski definition) is 5. The van der Waals surface area contributed by atoms with Gasteiger partial charge in [0.2, 0.25) is 0 Å². The number of nitrogens with zero attached hydrogens (tertiary/aromatic N) is 9. The molecule has 14 aromatic carbocycles. The quantitative estimate of drug-likeness (QED) is 0.0848.